The first-order valence-corrected chi connectivity index (χ1v) is 25.7. The molecule has 0 saturated carbocycles. The van der Waals surface area contributed by atoms with Gasteiger partial charge in [0.25, 0.3) is 17.7 Å². The number of carbonyl (C=O) groups is 4. The number of sulfone groups is 1. The summed E-state index contributed by atoms with van der Waals surface area (Å²) < 4.78 is 85.0. The number of anilines is 2. The van der Waals surface area contributed by atoms with Crippen molar-refractivity contribution >= 4 is 56.0 Å². The predicted octanol–water partition coefficient (Wildman–Crippen LogP) is 6.87. The molecule has 1 N–H and O–H groups in total. The Hall–Kier alpha value is -6.71. The van der Waals surface area contributed by atoms with Crippen LogP contribution in [-0.2, 0) is 34.8 Å². The van der Waals surface area contributed by atoms with Gasteiger partial charge < -0.3 is 19.1 Å². The average molecular weight is 1010 g/mol. The second-order valence-corrected chi connectivity index (χ2v) is 19.8. The third-order valence-electron chi connectivity index (χ3n) is 12.3. The zero-order valence-electron chi connectivity index (χ0n) is 40.8. The minimum absolute atomic E-state index is 0.0559. The molecule has 4 aromatic carbocycles. The maximum absolute atomic E-state index is 16.0. The fourth-order valence-electron chi connectivity index (χ4n) is 9.18. The lowest BCUT2D eigenvalue weighted by molar-refractivity contribution is -0.129. The molecule has 3 fully saturated rings. The number of likely N-dealkylation sites (tertiary alicyclic amines) is 1. The quantitative estimate of drug-likeness (QED) is 0.128. The molecule has 1 atom stereocenters. The number of hydrogen-bond donors (Lipinski definition) is 1. The summed E-state index contributed by atoms with van der Waals surface area (Å²) in [5, 5.41) is 7.03. The lowest BCUT2D eigenvalue weighted by Gasteiger charge is -2.46. The fraction of sp³-hybridized carbons (Fsp3) is 0.420. The number of piperidine rings is 1. The third kappa shape index (κ3) is 11.7. The van der Waals surface area contributed by atoms with E-state index in [1.165, 1.54) is 26.6 Å². The van der Waals surface area contributed by atoms with Crippen molar-refractivity contribution in [1.82, 2.24) is 29.8 Å². The largest absolute Gasteiger partial charge is 0.493 e. The SMILES string of the molecule is CC.CCOc1cc(CN2C(=O)c3cccc(N4CCN(C5CCN(Cc6ccc(Oc7cc8c(cc7F)c(N7CCC(=O)NC7=O)nn8C)cc6)CC5(F)F)CC4)c3C2=O)ccc1OC.CS(C)(=O)=O. The molecule has 0 spiro atoms. The number of methoxy groups -OCH3 is 1. The number of rotatable bonds is 12. The first kappa shape index (κ1) is 52.1. The van der Waals surface area contributed by atoms with Gasteiger partial charge in [-0.2, -0.15) is 5.10 Å². The van der Waals surface area contributed by atoms with Crippen molar-refractivity contribution < 1.29 is 55.0 Å². The predicted molar refractivity (Wildman–Crippen MR) is 262 cm³/mol. The Kier molecular flexibility index (Phi) is 16.0. The fourth-order valence-corrected chi connectivity index (χ4v) is 9.18. The first-order chi connectivity index (χ1) is 33.8. The van der Waals surface area contributed by atoms with Crippen molar-refractivity contribution in [1.29, 1.82) is 0 Å². The van der Waals surface area contributed by atoms with Crippen molar-refractivity contribution in [2.45, 2.75) is 58.7 Å². The zero-order chi connectivity index (χ0) is 51.4. The number of urea groups is 1. The van der Waals surface area contributed by atoms with E-state index in [2.05, 4.69) is 10.4 Å². The molecule has 0 bridgehead atoms. The number of fused-ring (bicyclic) bond motifs is 2. The van der Waals surface area contributed by atoms with E-state index >= 15 is 13.2 Å². The van der Waals surface area contributed by atoms with Crippen molar-refractivity contribution in [2.75, 3.05) is 81.8 Å². The van der Waals surface area contributed by atoms with E-state index < -0.39 is 46.1 Å². The summed E-state index contributed by atoms with van der Waals surface area (Å²) in [7, 11) is 0.535. The lowest BCUT2D eigenvalue weighted by atomic mass is 9.97. The number of amides is 5. The molecule has 21 heteroatoms. The summed E-state index contributed by atoms with van der Waals surface area (Å²) in [5.74, 6) is -3.24. The van der Waals surface area contributed by atoms with E-state index in [1.54, 1.807) is 73.7 Å². The second-order valence-electron chi connectivity index (χ2n) is 17.5. The van der Waals surface area contributed by atoms with Gasteiger partial charge in [-0.1, -0.05) is 38.1 Å². The molecule has 4 aliphatic rings. The normalized spacial score (nSPS) is 18.3. The lowest BCUT2D eigenvalue weighted by Crippen LogP contribution is -2.61. The molecule has 9 rings (SSSR count). The molecule has 71 heavy (non-hydrogen) atoms. The molecule has 5 heterocycles. The van der Waals surface area contributed by atoms with Gasteiger partial charge in [0.1, 0.15) is 15.6 Å². The third-order valence-corrected chi connectivity index (χ3v) is 12.3. The molecule has 17 nitrogen and oxygen atoms in total. The Morgan fingerprint density at radius 1 is 0.831 bits per heavy atom. The molecule has 1 unspecified atom stereocenters. The Morgan fingerprint density at radius 3 is 2.17 bits per heavy atom. The number of imide groups is 2. The van der Waals surface area contributed by atoms with Crippen LogP contribution in [0, 0.1) is 5.82 Å². The molecule has 0 radical (unpaired) electrons. The summed E-state index contributed by atoms with van der Waals surface area (Å²) in [6, 6.07) is 18.5. The van der Waals surface area contributed by atoms with E-state index in [0.29, 0.717) is 96.4 Å². The van der Waals surface area contributed by atoms with Crippen LogP contribution in [0.15, 0.2) is 72.8 Å². The smallest absolute Gasteiger partial charge is 0.329 e. The van der Waals surface area contributed by atoms with Gasteiger partial charge >= 0.3 is 6.03 Å². The van der Waals surface area contributed by atoms with Crippen LogP contribution in [0.1, 0.15) is 65.5 Å². The molecule has 380 valence electrons. The van der Waals surface area contributed by atoms with Crippen LogP contribution in [0.4, 0.5) is 29.5 Å². The molecular formula is C50H59F3N8O9S. The number of alkyl halides is 2. The van der Waals surface area contributed by atoms with E-state index in [1.807, 2.05) is 36.6 Å². The summed E-state index contributed by atoms with van der Waals surface area (Å²) in [6.07, 6.45) is 2.69. The summed E-state index contributed by atoms with van der Waals surface area (Å²) in [5.41, 5.74) is 3.29. The summed E-state index contributed by atoms with van der Waals surface area (Å²) in [6.45, 7) is 8.37. The molecule has 0 aliphatic carbocycles. The van der Waals surface area contributed by atoms with E-state index in [-0.39, 0.29) is 49.3 Å². The van der Waals surface area contributed by atoms with Gasteiger partial charge in [0.2, 0.25) is 5.91 Å². The molecule has 1 aromatic heterocycles. The van der Waals surface area contributed by atoms with Crippen LogP contribution in [0.25, 0.3) is 10.9 Å². The number of aromatic nitrogens is 2. The highest BCUT2D eigenvalue weighted by molar-refractivity contribution is 7.89. The van der Waals surface area contributed by atoms with Gasteiger partial charge in [0.15, 0.2) is 28.9 Å². The molecule has 5 amide bonds. The van der Waals surface area contributed by atoms with Crippen LogP contribution in [0.5, 0.6) is 23.0 Å². The monoisotopic (exact) mass is 1000 g/mol. The van der Waals surface area contributed by atoms with Gasteiger partial charge in [-0.3, -0.25) is 44.0 Å². The summed E-state index contributed by atoms with van der Waals surface area (Å²) >= 11 is 0. The number of benzene rings is 4. The van der Waals surface area contributed by atoms with Crippen LogP contribution in [0.3, 0.4) is 0 Å². The minimum atomic E-state index is -2.99. The second kappa shape index (κ2) is 21.7. The summed E-state index contributed by atoms with van der Waals surface area (Å²) in [4.78, 5) is 59.6. The first-order valence-electron chi connectivity index (χ1n) is 23.4. The highest BCUT2D eigenvalue weighted by Gasteiger charge is 2.48. The highest BCUT2D eigenvalue weighted by Crippen LogP contribution is 2.38. The topological polar surface area (TPSA) is 176 Å². The molecular weight excluding hydrogens is 946 g/mol. The number of ether oxygens (including phenoxy) is 3. The van der Waals surface area contributed by atoms with Crippen molar-refractivity contribution in [2.24, 2.45) is 7.05 Å². The Balaban J connectivity index is 0.000000997. The Morgan fingerprint density at radius 2 is 1.52 bits per heavy atom. The Bertz CT molecular complexity index is 2900. The highest BCUT2D eigenvalue weighted by atomic mass is 32.2. The zero-order valence-corrected chi connectivity index (χ0v) is 41.7. The maximum atomic E-state index is 16.0. The van der Waals surface area contributed by atoms with Crippen molar-refractivity contribution in [3.8, 4) is 23.0 Å². The van der Waals surface area contributed by atoms with Gasteiger partial charge in [-0.05, 0) is 66.9 Å². The van der Waals surface area contributed by atoms with Crippen molar-refractivity contribution in [3.05, 3.63) is 101 Å². The Labute approximate surface area is 410 Å². The van der Waals surface area contributed by atoms with Crippen LogP contribution >= 0.6 is 0 Å². The molecule has 4 aliphatic heterocycles. The number of hydrogen-bond acceptors (Lipinski definition) is 13. The number of piperazine rings is 1. The van der Waals surface area contributed by atoms with Crippen LogP contribution in [0.2, 0.25) is 0 Å². The number of nitrogens with zero attached hydrogens (tertiary/aromatic N) is 7. The minimum Gasteiger partial charge on any atom is -0.493 e. The van der Waals surface area contributed by atoms with Gasteiger partial charge in [0.05, 0.1) is 55.2 Å². The van der Waals surface area contributed by atoms with E-state index in [9.17, 15) is 27.6 Å². The number of nitrogens with one attached hydrogen (secondary N) is 1. The molecule has 5 aromatic rings. The van der Waals surface area contributed by atoms with Gasteiger partial charge in [-0.25, -0.2) is 26.4 Å². The van der Waals surface area contributed by atoms with Gasteiger partial charge in [0, 0.05) is 83.2 Å². The standard InChI is InChI=1S/C46H47F3N8O7.C2H6O2S.C2H6/c1-4-63-38-22-29(10-13-36(38)62-3)26-57-43(59)31-6-5-7-34(41(31)44(57)60)54-18-20-55(21-19-54)39-14-16-53(27-46(39,48)49)25-28-8-11-30(12-9-28)64-37-24-35-32(23-33(37)47)42(51-52(35)2)56-17-15-40(58)50-45(56)61;1-5(2,3)4;1-2/h5-13,22-24,39H,4,14-21,25-27H2,1-3H3,(H,50,58,61);1-2H3;1-2H3. The number of carbonyl (C=O) groups excluding carboxylic acids is 4. The van der Waals surface area contributed by atoms with Crippen molar-refractivity contribution in [3.63, 3.8) is 0 Å². The number of halogens is 3. The molecule has 3 saturated heterocycles. The van der Waals surface area contributed by atoms with E-state index in [0.717, 1.165) is 18.1 Å². The van der Waals surface area contributed by atoms with E-state index in [4.69, 9.17) is 14.2 Å². The maximum Gasteiger partial charge on any atom is 0.329 e. The van der Waals surface area contributed by atoms with Crippen LogP contribution < -0.4 is 29.3 Å². The van der Waals surface area contributed by atoms with Gasteiger partial charge in [-0.15, -0.1) is 0 Å². The van der Waals surface area contributed by atoms with Crippen LogP contribution in [-0.4, -0.2) is 141 Å². The average Bonchev–Trinajstić information content (AvgIpc) is 3.76. The number of aryl methyl sites for hydroxylation is 1.